The average Bonchev–Trinajstić information content (AvgIpc) is 2.70. The minimum atomic E-state index is -3.90. The Bertz CT molecular complexity index is 857. The molecule has 0 radical (unpaired) electrons. The second-order valence-electron chi connectivity index (χ2n) is 7.99. The van der Waals surface area contributed by atoms with E-state index in [2.05, 4.69) is 16.4 Å². The molecule has 3 rings (SSSR count). The van der Waals surface area contributed by atoms with Crippen molar-refractivity contribution in [2.24, 2.45) is 0 Å². The van der Waals surface area contributed by atoms with E-state index in [1.807, 2.05) is 24.4 Å². The Morgan fingerprint density at radius 3 is 2.52 bits per heavy atom. The van der Waals surface area contributed by atoms with Gasteiger partial charge in [0.15, 0.2) is 0 Å². The van der Waals surface area contributed by atoms with E-state index in [0.29, 0.717) is 32.7 Å². The molecule has 9 heteroatoms. The van der Waals surface area contributed by atoms with Crippen LogP contribution in [-0.4, -0.2) is 46.4 Å². The highest BCUT2D eigenvalue weighted by atomic mass is 32.2. The van der Waals surface area contributed by atoms with Crippen LogP contribution < -0.4 is 5.32 Å². The van der Waals surface area contributed by atoms with Crippen molar-refractivity contribution in [3.05, 3.63) is 59.7 Å². The Morgan fingerprint density at radius 2 is 1.90 bits per heavy atom. The first-order chi connectivity index (χ1) is 14.9. The van der Waals surface area contributed by atoms with Gasteiger partial charge in [-0.1, -0.05) is 18.6 Å². The lowest BCUT2D eigenvalue weighted by Crippen LogP contribution is -2.46. The number of unbranched alkanes of at least 4 members (excludes halogenated alkanes) is 1. The van der Waals surface area contributed by atoms with Crippen molar-refractivity contribution < 1.29 is 23.5 Å². The van der Waals surface area contributed by atoms with Gasteiger partial charge < -0.3 is 19.8 Å². The first-order valence-corrected chi connectivity index (χ1v) is 13.3. The number of pyridine rings is 1. The van der Waals surface area contributed by atoms with Crippen molar-refractivity contribution in [1.82, 2.24) is 10.3 Å². The highest BCUT2D eigenvalue weighted by Gasteiger charge is 2.39. The summed E-state index contributed by atoms with van der Waals surface area (Å²) >= 11 is 1.79. The number of halogens is 1. The molecule has 1 aromatic carbocycles. The Hall–Kier alpha value is -1.28. The van der Waals surface area contributed by atoms with Crippen molar-refractivity contribution in [3.63, 3.8) is 0 Å². The quantitative estimate of drug-likeness (QED) is 0.232. The fourth-order valence-electron chi connectivity index (χ4n) is 3.59. The van der Waals surface area contributed by atoms with Crippen LogP contribution in [0.5, 0.6) is 0 Å². The molecule has 31 heavy (non-hydrogen) atoms. The second-order valence-corrected chi connectivity index (χ2v) is 10.9. The van der Waals surface area contributed by atoms with E-state index < -0.39 is 7.60 Å². The van der Waals surface area contributed by atoms with E-state index in [1.165, 1.54) is 17.7 Å². The molecule has 0 atom stereocenters. The summed E-state index contributed by atoms with van der Waals surface area (Å²) in [7, 11) is -3.90. The maximum Gasteiger partial charge on any atom is 0.325 e. The number of thioether (sulfide) groups is 1. The topological polar surface area (TPSA) is 91.7 Å². The predicted octanol–water partition coefficient (Wildman–Crippen LogP) is 4.11. The van der Waals surface area contributed by atoms with Gasteiger partial charge in [-0.2, -0.15) is 0 Å². The average molecular weight is 469 g/mol. The summed E-state index contributed by atoms with van der Waals surface area (Å²) in [6.45, 7) is 2.56. The number of rotatable bonds is 13. The highest BCUT2D eigenvalue weighted by molar-refractivity contribution is 7.99. The molecule has 2 heterocycles. The maximum atomic E-state index is 13.2. The summed E-state index contributed by atoms with van der Waals surface area (Å²) in [6, 6.07) is 10.9. The lowest BCUT2D eigenvalue weighted by Gasteiger charge is -2.42. The monoisotopic (exact) mass is 468 g/mol. The second kappa shape index (κ2) is 11.5. The Balaban J connectivity index is 1.32. The van der Waals surface area contributed by atoms with Crippen molar-refractivity contribution in [1.29, 1.82) is 0 Å². The first-order valence-electron chi connectivity index (χ1n) is 10.5. The molecule has 0 saturated carbocycles. The van der Waals surface area contributed by atoms with Gasteiger partial charge >= 0.3 is 7.60 Å². The molecule has 0 spiro atoms. The van der Waals surface area contributed by atoms with Gasteiger partial charge in [-0.15, -0.1) is 11.8 Å². The number of nitrogens with one attached hydrogen (secondary N) is 1. The van der Waals surface area contributed by atoms with Crippen molar-refractivity contribution >= 4 is 19.4 Å². The predicted molar refractivity (Wildman–Crippen MR) is 121 cm³/mol. The van der Waals surface area contributed by atoms with Crippen molar-refractivity contribution in [3.8, 4) is 0 Å². The standard InChI is InChI=1S/C22H30FN2O4PS/c23-19-6-4-18(5-7-19)22(16-29-17-22)10-1-2-13-31-21-9-8-20(25-15-21)14-24-11-3-12-30(26,27)28/h4-9,15,24H,1-3,10-14,16-17H2,(H2,26,27,28). The van der Waals surface area contributed by atoms with Crippen LogP contribution in [0.2, 0.25) is 0 Å². The molecule has 0 unspecified atom stereocenters. The summed E-state index contributed by atoms with van der Waals surface area (Å²) in [5.41, 5.74) is 2.12. The summed E-state index contributed by atoms with van der Waals surface area (Å²) in [6.07, 6.45) is 5.45. The van der Waals surface area contributed by atoms with Crippen molar-refractivity contribution in [2.45, 2.75) is 42.5 Å². The van der Waals surface area contributed by atoms with Crippen LogP contribution in [0.4, 0.5) is 4.39 Å². The third-order valence-corrected chi connectivity index (χ3v) is 7.40. The normalized spacial score (nSPS) is 15.6. The molecule has 1 aromatic heterocycles. The molecule has 1 aliphatic rings. The minimum absolute atomic E-state index is 0.0415. The molecule has 3 N–H and O–H groups in total. The van der Waals surface area contributed by atoms with E-state index in [-0.39, 0.29) is 17.4 Å². The number of hydrogen-bond donors (Lipinski definition) is 3. The molecule has 6 nitrogen and oxygen atoms in total. The van der Waals surface area contributed by atoms with E-state index in [0.717, 1.165) is 35.6 Å². The van der Waals surface area contributed by atoms with Crippen LogP contribution in [-0.2, 0) is 21.3 Å². The zero-order chi connectivity index (χ0) is 22.2. The van der Waals surface area contributed by atoms with Gasteiger partial charge in [0.2, 0.25) is 0 Å². The van der Waals surface area contributed by atoms with Crippen LogP contribution in [0, 0.1) is 5.82 Å². The van der Waals surface area contributed by atoms with Gasteiger partial charge in [-0.25, -0.2) is 4.39 Å². The Kier molecular flexibility index (Phi) is 9.07. The number of benzene rings is 1. The van der Waals surface area contributed by atoms with Gasteiger partial charge in [0.25, 0.3) is 0 Å². The third-order valence-electron chi connectivity index (χ3n) is 5.44. The molecular formula is C22H30FN2O4PS. The van der Waals surface area contributed by atoms with Gasteiger partial charge in [0, 0.05) is 23.1 Å². The summed E-state index contributed by atoms with van der Waals surface area (Å²) < 4.78 is 29.5. The summed E-state index contributed by atoms with van der Waals surface area (Å²) in [5.74, 6) is 0.813. The van der Waals surface area contributed by atoms with Gasteiger partial charge in [0.05, 0.1) is 25.1 Å². The fraction of sp³-hybridized carbons (Fsp3) is 0.500. The number of nitrogens with zero attached hydrogens (tertiary/aromatic N) is 1. The third kappa shape index (κ3) is 7.97. The maximum absolute atomic E-state index is 13.2. The lowest BCUT2D eigenvalue weighted by atomic mass is 9.75. The number of aromatic nitrogens is 1. The molecule has 1 saturated heterocycles. The van der Waals surface area contributed by atoms with Crippen LogP contribution in [0.1, 0.15) is 36.9 Å². The van der Waals surface area contributed by atoms with E-state index in [9.17, 15) is 8.96 Å². The Morgan fingerprint density at radius 1 is 1.13 bits per heavy atom. The van der Waals surface area contributed by atoms with Crippen molar-refractivity contribution in [2.75, 3.05) is 31.7 Å². The lowest BCUT2D eigenvalue weighted by molar-refractivity contribution is -0.0652. The van der Waals surface area contributed by atoms with E-state index >= 15 is 0 Å². The highest BCUT2D eigenvalue weighted by Crippen LogP contribution is 2.37. The van der Waals surface area contributed by atoms with Gasteiger partial charge in [-0.3, -0.25) is 9.55 Å². The van der Waals surface area contributed by atoms with E-state index in [4.69, 9.17) is 14.5 Å². The molecule has 170 valence electrons. The summed E-state index contributed by atoms with van der Waals surface area (Å²) in [5, 5.41) is 3.15. The molecule has 2 aromatic rings. The zero-order valence-corrected chi connectivity index (χ0v) is 19.2. The number of ether oxygens (including phenoxy) is 1. The first kappa shape index (κ1) is 24.4. The molecule has 0 bridgehead atoms. The van der Waals surface area contributed by atoms with Gasteiger partial charge in [-0.05, 0) is 61.4 Å². The van der Waals surface area contributed by atoms with Crippen LogP contribution in [0.3, 0.4) is 0 Å². The fourth-order valence-corrected chi connectivity index (χ4v) is 5.04. The summed E-state index contributed by atoms with van der Waals surface area (Å²) in [4.78, 5) is 23.3. The van der Waals surface area contributed by atoms with Crippen LogP contribution >= 0.6 is 19.4 Å². The molecular weight excluding hydrogens is 438 g/mol. The van der Waals surface area contributed by atoms with Crippen LogP contribution in [0.15, 0.2) is 47.5 Å². The molecule has 1 aliphatic heterocycles. The largest absolute Gasteiger partial charge is 0.379 e. The van der Waals surface area contributed by atoms with Crippen LogP contribution in [0.25, 0.3) is 0 Å². The smallest absolute Gasteiger partial charge is 0.325 e. The molecule has 0 aliphatic carbocycles. The molecule has 0 amide bonds. The Labute approximate surface area is 187 Å². The SMILES string of the molecule is O=P(O)(O)CCCNCc1ccc(SCCCCC2(c3ccc(F)cc3)COC2)cn1. The zero-order valence-electron chi connectivity index (χ0n) is 17.5. The minimum Gasteiger partial charge on any atom is -0.379 e. The molecule has 1 fully saturated rings. The van der Waals surface area contributed by atoms with E-state index in [1.54, 1.807) is 11.8 Å². The number of hydrogen-bond acceptors (Lipinski definition) is 5. The van der Waals surface area contributed by atoms with Gasteiger partial charge in [0.1, 0.15) is 5.82 Å².